The zero-order valence-corrected chi connectivity index (χ0v) is 18.0. The Hall–Kier alpha value is -3.25. The Labute approximate surface area is 184 Å². The molecule has 0 saturated carbocycles. The van der Waals surface area contributed by atoms with Crippen molar-refractivity contribution in [2.45, 2.75) is 18.9 Å². The number of ketones is 2. The first-order valence-corrected chi connectivity index (χ1v) is 10.3. The number of hydrogen-bond acceptors (Lipinski definition) is 5. The number of H-pyrrole nitrogens is 1. The predicted octanol–water partition coefficient (Wildman–Crippen LogP) is 4.74. The summed E-state index contributed by atoms with van der Waals surface area (Å²) in [5, 5.41) is 0.145. The largest absolute Gasteiger partial charge is 0.496 e. The van der Waals surface area contributed by atoms with E-state index in [1.807, 2.05) is 43.5 Å². The van der Waals surface area contributed by atoms with Crippen LogP contribution >= 0.6 is 11.6 Å². The van der Waals surface area contributed by atoms with Crippen molar-refractivity contribution in [2.75, 3.05) is 14.2 Å². The molecule has 2 aliphatic rings. The van der Waals surface area contributed by atoms with Crippen molar-refractivity contribution in [3.05, 3.63) is 64.4 Å². The van der Waals surface area contributed by atoms with E-state index in [2.05, 4.69) is 4.98 Å². The van der Waals surface area contributed by atoms with Gasteiger partial charge in [0.1, 0.15) is 22.1 Å². The van der Waals surface area contributed by atoms with Gasteiger partial charge in [-0.25, -0.2) is 0 Å². The van der Waals surface area contributed by atoms with Crippen molar-refractivity contribution in [3.63, 3.8) is 0 Å². The third kappa shape index (κ3) is 2.51. The molecule has 1 spiro atoms. The normalized spacial score (nSPS) is 21.6. The Bertz CT molecular complexity index is 1230. The minimum absolute atomic E-state index is 0.128. The van der Waals surface area contributed by atoms with Crippen LogP contribution in [0.4, 0.5) is 0 Å². The van der Waals surface area contributed by atoms with Crippen molar-refractivity contribution >= 4 is 23.2 Å². The number of Topliss-reactive ketones (excluding diaryl/α,β-unsaturated/α-hetero) is 2. The van der Waals surface area contributed by atoms with Crippen LogP contribution in [0.5, 0.6) is 17.2 Å². The Balaban J connectivity index is 1.70. The Morgan fingerprint density at radius 2 is 1.74 bits per heavy atom. The number of halogens is 1. The molecule has 0 fully saturated rings. The van der Waals surface area contributed by atoms with Crippen LogP contribution in [0.25, 0.3) is 11.1 Å². The van der Waals surface area contributed by atoms with Gasteiger partial charge in [-0.05, 0) is 12.0 Å². The molecule has 31 heavy (non-hydrogen) atoms. The average molecular weight is 438 g/mol. The third-order valence-corrected chi connectivity index (χ3v) is 6.59. The van der Waals surface area contributed by atoms with Gasteiger partial charge in [0.2, 0.25) is 17.2 Å². The minimum Gasteiger partial charge on any atom is -0.496 e. The standard InChI is InChI=1S/C24H20ClNO5/c1-12-9-15-18(14(11-26-15)13-7-5-4-6-8-13)22(27)24(12)23(28)19-16(29-2)10-17(30-3)20(25)21(19)31-24/h4-8,10-12,26H,9H2,1-3H3/t12-,24+/m1/s1. The lowest BCUT2D eigenvalue weighted by atomic mass is 9.70. The number of methoxy groups -OCH3 is 2. The molecule has 1 aliphatic heterocycles. The highest BCUT2D eigenvalue weighted by Gasteiger charge is 2.62. The lowest BCUT2D eigenvalue weighted by Gasteiger charge is -2.35. The number of ether oxygens (including phenoxy) is 3. The van der Waals surface area contributed by atoms with E-state index in [1.54, 1.807) is 0 Å². The minimum atomic E-state index is -1.70. The fourth-order valence-electron chi connectivity index (χ4n) is 4.67. The molecule has 3 aromatic rings. The summed E-state index contributed by atoms with van der Waals surface area (Å²) in [7, 11) is 2.91. The second kappa shape index (κ2) is 6.89. The summed E-state index contributed by atoms with van der Waals surface area (Å²) in [5.41, 5.74) is 1.38. The fraction of sp³-hybridized carbons (Fsp3) is 0.250. The molecule has 2 heterocycles. The molecule has 2 aromatic carbocycles. The van der Waals surface area contributed by atoms with Crippen molar-refractivity contribution in [2.24, 2.45) is 5.92 Å². The SMILES string of the molecule is COc1cc(OC)c2c(c1Cl)O[C@@]1(C(=O)c3c(-c4ccccc4)c[nH]c3C[C@H]1C)C2=O. The number of carbonyl (C=O) groups excluding carboxylic acids is 2. The van der Waals surface area contributed by atoms with Crippen LogP contribution in [0.2, 0.25) is 5.02 Å². The number of aromatic nitrogens is 1. The zero-order valence-electron chi connectivity index (χ0n) is 17.2. The van der Waals surface area contributed by atoms with Gasteiger partial charge < -0.3 is 19.2 Å². The zero-order chi connectivity index (χ0) is 21.9. The molecule has 1 aromatic heterocycles. The highest BCUT2D eigenvalue weighted by molar-refractivity contribution is 6.36. The molecule has 6 nitrogen and oxygen atoms in total. The smallest absolute Gasteiger partial charge is 0.237 e. The van der Waals surface area contributed by atoms with Crippen molar-refractivity contribution in [1.82, 2.24) is 4.98 Å². The number of fused-ring (bicyclic) bond motifs is 2. The summed E-state index contributed by atoms with van der Waals surface area (Å²) >= 11 is 6.48. The number of nitrogens with one attached hydrogen (secondary N) is 1. The molecular weight excluding hydrogens is 418 g/mol. The number of hydrogen-bond donors (Lipinski definition) is 1. The van der Waals surface area contributed by atoms with Crippen LogP contribution in [-0.2, 0) is 6.42 Å². The summed E-state index contributed by atoms with van der Waals surface area (Å²) in [6.07, 6.45) is 2.29. The van der Waals surface area contributed by atoms with Gasteiger partial charge in [-0.2, -0.15) is 0 Å². The summed E-state index contributed by atoms with van der Waals surface area (Å²) in [6, 6.07) is 11.1. The van der Waals surface area contributed by atoms with E-state index < -0.39 is 17.3 Å². The molecule has 2 atom stereocenters. The Kier molecular flexibility index (Phi) is 4.38. The first kappa shape index (κ1) is 19.7. The molecular formula is C24H20ClNO5. The van der Waals surface area contributed by atoms with Crippen LogP contribution in [0.3, 0.4) is 0 Å². The molecule has 158 valence electrons. The van der Waals surface area contributed by atoms with E-state index >= 15 is 0 Å². The van der Waals surface area contributed by atoms with Crippen LogP contribution < -0.4 is 14.2 Å². The number of benzene rings is 2. The van der Waals surface area contributed by atoms with E-state index in [0.717, 1.165) is 16.8 Å². The van der Waals surface area contributed by atoms with Gasteiger partial charge in [0.15, 0.2) is 5.75 Å². The van der Waals surface area contributed by atoms with Gasteiger partial charge in [0.05, 0.1) is 19.8 Å². The van der Waals surface area contributed by atoms with Crippen molar-refractivity contribution in [1.29, 1.82) is 0 Å². The van der Waals surface area contributed by atoms with Crippen LogP contribution in [0.15, 0.2) is 42.6 Å². The van der Waals surface area contributed by atoms with Gasteiger partial charge in [0, 0.05) is 29.4 Å². The summed E-state index contributed by atoms with van der Waals surface area (Å²) < 4.78 is 16.9. The fourth-order valence-corrected chi connectivity index (χ4v) is 4.93. The number of carbonyl (C=O) groups is 2. The quantitative estimate of drug-likeness (QED) is 0.599. The first-order chi connectivity index (χ1) is 14.9. The lowest BCUT2D eigenvalue weighted by Crippen LogP contribution is -2.56. The molecule has 0 amide bonds. The predicted molar refractivity (Wildman–Crippen MR) is 116 cm³/mol. The summed E-state index contributed by atoms with van der Waals surface area (Å²) in [6.45, 7) is 1.84. The highest BCUT2D eigenvalue weighted by Crippen LogP contribution is 2.54. The van der Waals surface area contributed by atoms with E-state index in [-0.39, 0.29) is 27.9 Å². The molecule has 0 unspecified atom stereocenters. The van der Waals surface area contributed by atoms with E-state index in [0.29, 0.717) is 17.7 Å². The van der Waals surface area contributed by atoms with Gasteiger partial charge in [-0.15, -0.1) is 0 Å². The number of aromatic amines is 1. The van der Waals surface area contributed by atoms with Crippen LogP contribution in [-0.4, -0.2) is 36.4 Å². The number of rotatable bonds is 3. The molecule has 0 radical (unpaired) electrons. The molecule has 7 heteroatoms. The van der Waals surface area contributed by atoms with E-state index in [4.69, 9.17) is 25.8 Å². The van der Waals surface area contributed by atoms with Crippen LogP contribution in [0.1, 0.15) is 33.3 Å². The topological polar surface area (TPSA) is 77.6 Å². The maximum absolute atomic E-state index is 14.0. The molecule has 0 saturated heterocycles. The van der Waals surface area contributed by atoms with E-state index in [9.17, 15) is 9.59 Å². The van der Waals surface area contributed by atoms with Gasteiger partial charge in [-0.3, -0.25) is 9.59 Å². The summed E-state index contributed by atoms with van der Waals surface area (Å²) in [4.78, 5) is 31.0. The first-order valence-electron chi connectivity index (χ1n) is 9.92. The highest BCUT2D eigenvalue weighted by atomic mass is 35.5. The maximum atomic E-state index is 14.0. The maximum Gasteiger partial charge on any atom is 0.237 e. The second-order valence-corrected chi connectivity index (χ2v) is 8.20. The molecule has 0 bridgehead atoms. The molecule has 5 rings (SSSR count). The van der Waals surface area contributed by atoms with Gasteiger partial charge >= 0.3 is 0 Å². The summed E-state index contributed by atoms with van der Waals surface area (Å²) in [5.74, 6) is -0.525. The molecule has 1 aliphatic carbocycles. The monoisotopic (exact) mass is 437 g/mol. The van der Waals surface area contributed by atoms with Gasteiger partial charge in [0.25, 0.3) is 0 Å². The van der Waals surface area contributed by atoms with Crippen LogP contribution in [0, 0.1) is 5.92 Å². The average Bonchev–Trinajstić information content (AvgIpc) is 3.34. The Morgan fingerprint density at radius 1 is 1.06 bits per heavy atom. The van der Waals surface area contributed by atoms with Gasteiger partial charge in [-0.1, -0.05) is 48.9 Å². The van der Waals surface area contributed by atoms with E-state index in [1.165, 1.54) is 20.3 Å². The van der Waals surface area contributed by atoms with Crippen molar-refractivity contribution in [3.8, 4) is 28.4 Å². The lowest BCUT2D eigenvalue weighted by molar-refractivity contribution is 0.0259. The second-order valence-electron chi connectivity index (χ2n) is 7.82. The Morgan fingerprint density at radius 3 is 2.42 bits per heavy atom. The molecule has 1 N–H and O–H groups in total. The van der Waals surface area contributed by atoms with Crippen molar-refractivity contribution < 1.29 is 23.8 Å². The third-order valence-electron chi connectivity index (χ3n) is 6.23.